The van der Waals surface area contributed by atoms with E-state index >= 15 is 0 Å². The number of hydrogen-bond acceptors (Lipinski definition) is 5. The number of aromatic nitrogens is 4. The lowest BCUT2D eigenvalue weighted by atomic mass is 9.97. The molecule has 1 aliphatic rings. The van der Waals surface area contributed by atoms with Crippen molar-refractivity contribution in [3.8, 4) is 11.4 Å². The number of benzene rings is 1. The van der Waals surface area contributed by atoms with Crippen LogP contribution in [0, 0.1) is 5.82 Å². The van der Waals surface area contributed by atoms with Crippen molar-refractivity contribution in [3.05, 3.63) is 70.4 Å². The van der Waals surface area contributed by atoms with Crippen LogP contribution in [0.2, 0.25) is 0 Å². The quantitative estimate of drug-likeness (QED) is 0.733. The molecule has 1 N–H and O–H groups in total. The lowest BCUT2D eigenvalue weighted by Gasteiger charge is -2.31. The summed E-state index contributed by atoms with van der Waals surface area (Å²) < 4.78 is 19.9. The first-order valence-electron chi connectivity index (χ1n) is 9.28. The molecule has 0 spiro atoms. The van der Waals surface area contributed by atoms with E-state index in [-0.39, 0.29) is 17.4 Å². The van der Waals surface area contributed by atoms with E-state index in [9.17, 15) is 9.18 Å². The Morgan fingerprint density at radius 1 is 1.29 bits per heavy atom. The lowest BCUT2D eigenvalue weighted by Crippen LogP contribution is -2.34. The fourth-order valence-electron chi connectivity index (χ4n) is 3.65. The summed E-state index contributed by atoms with van der Waals surface area (Å²) in [4.78, 5) is 21.5. The molecule has 0 radical (unpaired) electrons. The first kappa shape index (κ1) is 18.4. The van der Waals surface area contributed by atoms with Gasteiger partial charge in [0.1, 0.15) is 17.4 Å². The van der Waals surface area contributed by atoms with Gasteiger partial charge < -0.3 is 4.74 Å². The second kappa shape index (κ2) is 7.93. The van der Waals surface area contributed by atoms with E-state index in [0.717, 1.165) is 37.2 Å². The molecule has 8 heteroatoms. The normalized spacial score (nSPS) is 17.6. The average Bonchev–Trinajstić information content (AvgIpc) is 3.10. The maximum absolute atomic E-state index is 13.4. The summed E-state index contributed by atoms with van der Waals surface area (Å²) in [5.74, 6) is 1.21. The van der Waals surface area contributed by atoms with E-state index in [1.54, 1.807) is 37.6 Å². The number of piperidine rings is 1. The van der Waals surface area contributed by atoms with Crippen molar-refractivity contribution in [2.24, 2.45) is 0 Å². The Morgan fingerprint density at radius 3 is 2.86 bits per heavy atom. The van der Waals surface area contributed by atoms with Gasteiger partial charge in [-0.2, -0.15) is 4.68 Å². The van der Waals surface area contributed by atoms with Crippen LogP contribution in [0.4, 0.5) is 4.39 Å². The molecule has 0 amide bonds. The van der Waals surface area contributed by atoms with Gasteiger partial charge >= 0.3 is 5.69 Å². The van der Waals surface area contributed by atoms with Gasteiger partial charge in [0.25, 0.3) is 0 Å². The second-order valence-electron chi connectivity index (χ2n) is 7.01. The lowest BCUT2D eigenvalue weighted by molar-refractivity contribution is 0.196. The van der Waals surface area contributed by atoms with Crippen molar-refractivity contribution in [2.75, 3.05) is 20.2 Å². The summed E-state index contributed by atoms with van der Waals surface area (Å²) in [6, 6.07) is 8.71. The van der Waals surface area contributed by atoms with Gasteiger partial charge in [-0.1, -0.05) is 0 Å². The van der Waals surface area contributed by atoms with Gasteiger partial charge in [-0.3, -0.25) is 14.9 Å². The highest BCUT2D eigenvalue weighted by Gasteiger charge is 2.25. The van der Waals surface area contributed by atoms with Crippen LogP contribution in [0.5, 0.6) is 5.75 Å². The Labute approximate surface area is 161 Å². The minimum absolute atomic E-state index is 0.127. The number of halogens is 1. The van der Waals surface area contributed by atoms with E-state index in [4.69, 9.17) is 4.74 Å². The molecule has 1 aromatic carbocycles. The van der Waals surface area contributed by atoms with Crippen LogP contribution >= 0.6 is 0 Å². The zero-order chi connectivity index (χ0) is 19.5. The van der Waals surface area contributed by atoms with Crippen molar-refractivity contribution in [1.29, 1.82) is 0 Å². The van der Waals surface area contributed by atoms with Crippen LogP contribution in [-0.2, 0) is 6.54 Å². The zero-order valence-electron chi connectivity index (χ0n) is 15.6. The topological polar surface area (TPSA) is 76.0 Å². The minimum atomic E-state index is -0.325. The number of H-pyrrole nitrogens is 1. The third-order valence-electron chi connectivity index (χ3n) is 5.01. The molecule has 1 fully saturated rings. The molecule has 4 rings (SSSR count). The number of likely N-dealkylation sites (tertiary alicyclic amines) is 1. The molecular weight excluding hydrogens is 361 g/mol. The number of rotatable bonds is 5. The molecule has 28 heavy (non-hydrogen) atoms. The SMILES string of the molecule is COc1ccc(-n2nc([C@H]3CCCN(Cc4cncc(F)c4)C3)[nH]c2=O)cc1. The molecular formula is C20H22FN5O2. The van der Waals surface area contributed by atoms with Crippen LogP contribution in [0.1, 0.15) is 30.1 Å². The Hall–Kier alpha value is -3.00. The number of hydrogen-bond donors (Lipinski definition) is 1. The Morgan fingerprint density at radius 2 is 2.11 bits per heavy atom. The first-order chi connectivity index (χ1) is 13.6. The number of nitrogens with zero attached hydrogens (tertiary/aromatic N) is 4. The molecule has 146 valence electrons. The van der Waals surface area contributed by atoms with Gasteiger partial charge in [-0.15, -0.1) is 5.10 Å². The summed E-state index contributed by atoms with van der Waals surface area (Å²) in [6.45, 7) is 2.31. The summed E-state index contributed by atoms with van der Waals surface area (Å²) in [6.07, 6.45) is 4.84. The molecule has 0 unspecified atom stereocenters. The van der Waals surface area contributed by atoms with Crippen molar-refractivity contribution in [2.45, 2.75) is 25.3 Å². The smallest absolute Gasteiger partial charge is 0.348 e. The van der Waals surface area contributed by atoms with E-state index in [1.165, 1.54) is 16.9 Å². The summed E-state index contributed by atoms with van der Waals surface area (Å²) in [5.41, 5.74) is 1.27. The average molecular weight is 383 g/mol. The van der Waals surface area contributed by atoms with Gasteiger partial charge in [-0.05, 0) is 55.3 Å². The zero-order valence-corrected chi connectivity index (χ0v) is 15.6. The van der Waals surface area contributed by atoms with Crippen LogP contribution in [-0.4, -0.2) is 44.8 Å². The predicted molar refractivity (Wildman–Crippen MR) is 102 cm³/mol. The monoisotopic (exact) mass is 383 g/mol. The Bertz CT molecular complexity index is 998. The van der Waals surface area contributed by atoms with Crippen molar-refractivity contribution < 1.29 is 9.13 Å². The number of methoxy groups -OCH3 is 1. The Balaban J connectivity index is 1.50. The highest BCUT2D eigenvalue weighted by Crippen LogP contribution is 2.25. The number of pyridine rings is 1. The largest absolute Gasteiger partial charge is 0.497 e. The van der Waals surface area contributed by atoms with Gasteiger partial charge in [0.15, 0.2) is 0 Å². The van der Waals surface area contributed by atoms with E-state index < -0.39 is 0 Å². The summed E-state index contributed by atoms with van der Waals surface area (Å²) in [7, 11) is 1.60. The number of ether oxygens (including phenoxy) is 1. The van der Waals surface area contributed by atoms with Crippen molar-refractivity contribution >= 4 is 0 Å². The second-order valence-corrected chi connectivity index (χ2v) is 7.01. The third-order valence-corrected chi connectivity index (χ3v) is 5.01. The van der Waals surface area contributed by atoms with Gasteiger partial charge in [-0.25, -0.2) is 9.18 Å². The molecule has 0 aliphatic carbocycles. The predicted octanol–water partition coefficient (Wildman–Crippen LogP) is 2.48. The van der Waals surface area contributed by atoms with Crippen LogP contribution in [0.25, 0.3) is 5.69 Å². The molecule has 7 nitrogen and oxygen atoms in total. The highest BCUT2D eigenvalue weighted by molar-refractivity contribution is 5.36. The van der Waals surface area contributed by atoms with Crippen LogP contribution in [0.3, 0.4) is 0 Å². The molecule has 2 aromatic heterocycles. The molecule has 3 aromatic rings. The van der Waals surface area contributed by atoms with Gasteiger partial charge in [0.2, 0.25) is 0 Å². The summed E-state index contributed by atoms with van der Waals surface area (Å²) in [5, 5.41) is 4.52. The molecule has 1 atom stereocenters. The standard InChI is InChI=1S/C20H22FN5O2/c1-28-18-6-4-17(5-7-18)26-20(27)23-19(24-26)15-3-2-8-25(13-15)12-14-9-16(21)11-22-10-14/h4-7,9-11,15H,2-3,8,12-13H2,1H3,(H,23,24,27)/t15-/m0/s1. The molecule has 0 saturated carbocycles. The van der Waals surface area contributed by atoms with Crippen molar-refractivity contribution in [1.82, 2.24) is 24.6 Å². The fraction of sp³-hybridized carbons (Fsp3) is 0.350. The highest BCUT2D eigenvalue weighted by atomic mass is 19.1. The fourth-order valence-corrected chi connectivity index (χ4v) is 3.65. The van der Waals surface area contributed by atoms with Crippen LogP contribution < -0.4 is 10.4 Å². The molecule has 3 heterocycles. The van der Waals surface area contributed by atoms with Gasteiger partial charge in [0.05, 0.1) is 19.0 Å². The van der Waals surface area contributed by atoms with E-state index in [0.29, 0.717) is 18.1 Å². The molecule has 1 aliphatic heterocycles. The Kier molecular flexibility index (Phi) is 5.21. The van der Waals surface area contributed by atoms with E-state index in [1.807, 2.05) is 0 Å². The summed E-state index contributed by atoms with van der Waals surface area (Å²) >= 11 is 0. The molecule has 0 bridgehead atoms. The third kappa shape index (κ3) is 3.96. The minimum Gasteiger partial charge on any atom is -0.497 e. The number of aromatic amines is 1. The maximum Gasteiger partial charge on any atom is 0.348 e. The number of nitrogens with one attached hydrogen (secondary N) is 1. The maximum atomic E-state index is 13.4. The van der Waals surface area contributed by atoms with Gasteiger partial charge in [0, 0.05) is 25.2 Å². The van der Waals surface area contributed by atoms with Crippen molar-refractivity contribution in [3.63, 3.8) is 0 Å². The first-order valence-corrected chi connectivity index (χ1v) is 9.28. The molecule has 1 saturated heterocycles. The van der Waals surface area contributed by atoms with E-state index in [2.05, 4.69) is 20.0 Å². The van der Waals surface area contributed by atoms with Crippen LogP contribution in [0.15, 0.2) is 47.5 Å².